The molecule has 0 amide bonds. The van der Waals surface area contributed by atoms with Crippen molar-refractivity contribution < 1.29 is 4.39 Å². The van der Waals surface area contributed by atoms with Crippen LogP contribution < -0.4 is 4.90 Å². The fourth-order valence-electron chi connectivity index (χ4n) is 2.73. The zero-order valence-electron chi connectivity index (χ0n) is 13.4. The third-order valence-electron chi connectivity index (χ3n) is 4.36. The lowest BCUT2D eigenvalue weighted by atomic mass is 10.1. The Bertz CT molecular complexity index is 679. The SMILES string of the molecule is Cc1cc(N2CCN(Cc3c(F)cccc3Cl)CC2)nnc1C. The number of rotatable bonds is 3. The molecule has 2 heterocycles. The van der Waals surface area contributed by atoms with Crippen LogP contribution in [0.4, 0.5) is 10.2 Å². The van der Waals surface area contributed by atoms with Crippen LogP contribution >= 0.6 is 11.6 Å². The molecule has 0 saturated carbocycles. The van der Waals surface area contributed by atoms with Crippen molar-refractivity contribution in [1.29, 1.82) is 0 Å². The lowest BCUT2D eigenvalue weighted by molar-refractivity contribution is 0.246. The minimum absolute atomic E-state index is 0.236. The molecule has 0 atom stereocenters. The van der Waals surface area contributed by atoms with Crippen LogP contribution in [0.1, 0.15) is 16.8 Å². The van der Waals surface area contributed by atoms with Gasteiger partial charge in [0, 0.05) is 43.3 Å². The van der Waals surface area contributed by atoms with Gasteiger partial charge in [0.1, 0.15) is 5.82 Å². The summed E-state index contributed by atoms with van der Waals surface area (Å²) in [6.07, 6.45) is 0. The molecular formula is C17H20ClFN4. The van der Waals surface area contributed by atoms with Crippen LogP contribution in [-0.2, 0) is 6.54 Å². The van der Waals surface area contributed by atoms with Crippen molar-refractivity contribution in [2.24, 2.45) is 0 Å². The molecule has 1 aliphatic rings. The van der Waals surface area contributed by atoms with Crippen LogP contribution in [0, 0.1) is 19.7 Å². The second-order valence-corrected chi connectivity index (χ2v) is 6.34. The molecule has 1 aromatic heterocycles. The molecule has 1 aliphatic heterocycles. The molecule has 0 radical (unpaired) electrons. The fraction of sp³-hybridized carbons (Fsp3) is 0.412. The van der Waals surface area contributed by atoms with E-state index in [0.717, 1.165) is 43.3 Å². The Labute approximate surface area is 140 Å². The number of hydrogen-bond donors (Lipinski definition) is 0. The van der Waals surface area contributed by atoms with Gasteiger partial charge in [0.2, 0.25) is 0 Å². The number of hydrogen-bond acceptors (Lipinski definition) is 4. The zero-order chi connectivity index (χ0) is 16.4. The lowest BCUT2D eigenvalue weighted by Gasteiger charge is -2.35. The highest BCUT2D eigenvalue weighted by molar-refractivity contribution is 6.31. The van der Waals surface area contributed by atoms with E-state index in [1.165, 1.54) is 6.07 Å². The first-order valence-corrected chi connectivity index (χ1v) is 8.13. The highest BCUT2D eigenvalue weighted by Crippen LogP contribution is 2.22. The van der Waals surface area contributed by atoms with Crippen molar-refractivity contribution >= 4 is 17.4 Å². The van der Waals surface area contributed by atoms with Crippen LogP contribution in [0.5, 0.6) is 0 Å². The van der Waals surface area contributed by atoms with Crippen molar-refractivity contribution in [2.75, 3.05) is 31.1 Å². The normalized spacial score (nSPS) is 15.9. The minimum atomic E-state index is -0.236. The van der Waals surface area contributed by atoms with Crippen LogP contribution in [0.2, 0.25) is 5.02 Å². The molecule has 4 nitrogen and oxygen atoms in total. The van der Waals surface area contributed by atoms with Gasteiger partial charge in [-0.05, 0) is 37.6 Å². The lowest BCUT2D eigenvalue weighted by Crippen LogP contribution is -2.46. The standard InChI is InChI=1S/C17H20ClFN4/c1-12-10-17(21-20-13(12)2)23-8-6-22(7-9-23)11-14-15(18)4-3-5-16(14)19/h3-5,10H,6-9,11H2,1-2H3. The van der Waals surface area contributed by atoms with Crippen LogP contribution in [0.3, 0.4) is 0 Å². The van der Waals surface area contributed by atoms with E-state index in [2.05, 4.69) is 26.1 Å². The van der Waals surface area contributed by atoms with Crippen LogP contribution in [0.15, 0.2) is 24.3 Å². The summed E-state index contributed by atoms with van der Waals surface area (Å²) in [5.41, 5.74) is 2.69. The van der Waals surface area contributed by atoms with E-state index in [1.807, 2.05) is 13.8 Å². The van der Waals surface area contributed by atoms with E-state index < -0.39 is 0 Å². The fourth-order valence-corrected chi connectivity index (χ4v) is 2.95. The van der Waals surface area contributed by atoms with Gasteiger partial charge in [-0.15, -0.1) is 5.10 Å². The van der Waals surface area contributed by atoms with E-state index in [9.17, 15) is 4.39 Å². The molecule has 1 aromatic carbocycles. The van der Waals surface area contributed by atoms with Crippen molar-refractivity contribution in [3.05, 3.63) is 51.9 Å². The molecule has 2 aromatic rings. The second-order valence-electron chi connectivity index (χ2n) is 5.93. The van der Waals surface area contributed by atoms with Crippen molar-refractivity contribution in [3.63, 3.8) is 0 Å². The predicted octanol–water partition coefficient (Wildman–Crippen LogP) is 3.21. The summed E-state index contributed by atoms with van der Waals surface area (Å²) in [5.74, 6) is 0.677. The highest BCUT2D eigenvalue weighted by Gasteiger charge is 2.20. The van der Waals surface area contributed by atoms with Gasteiger partial charge in [-0.2, -0.15) is 5.10 Å². The molecule has 122 valence electrons. The molecule has 0 unspecified atom stereocenters. The van der Waals surface area contributed by atoms with E-state index in [1.54, 1.807) is 12.1 Å². The number of nitrogens with zero attached hydrogens (tertiary/aromatic N) is 4. The third kappa shape index (κ3) is 3.62. The van der Waals surface area contributed by atoms with Gasteiger partial charge in [0.25, 0.3) is 0 Å². The monoisotopic (exact) mass is 334 g/mol. The Morgan fingerprint density at radius 1 is 1.13 bits per heavy atom. The minimum Gasteiger partial charge on any atom is -0.353 e. The van der Waals surface area contributed by atoms with E-state index in [-0.39, 0.29) is 5.82 Å². The maximum atomic E-state index is 13.9. The van der Waals surface area contributed by atoms with Crippen molar-refractivity contribution in [2.45, 2.75) is 20.4 Å². The Morgan fingerprint density at radius 2 is 1.87 bits per heavy atom. The summed E-state index contributed by atoms with van der Waals surface area (Å²) in [5, 5.41) is 8.96. The Hall–Kier alpha value is -1.72. The molecule has 0 N–H and O–H groups in total. The van der Waals surface area contributed by atoms with Crippen molar-refractivity contribution in [1.82, 2.24) is 15.1 Å². The molecule has 0 aliphatic carbocycles. The van der Waals surface area contributed by atoms with E-state index in [0.29, 0.717) is 17.1 Å². The average molecular weight is 335 g/mol. The van der Waals surface area contributed by atoms with Gasteiger partial charge >= 0.3 is 0 Å². The maximum absolute atomic E-state index is 13.9. The quantitative estimate of drug-likeness (QED) is 0.862. The average Bonchev–Trinajstić information content (AvgIpc) is 2.54. The predicted molar refractivity (Wildman–Crippen MR) is 90.4 cm³/mol. The van der Waals surface area contributed by atoms with Gasteiger partial charge in [-0.1, -0.05) is 17.7 Å². The number of piperazine rings is 1. The number of aromatic nitrogens is 2. The first-order chi connectivity index (χ1) is 11.0. The van der Waals surface area contributed by atoms with Gasteiger partial charge < -0.3 is 4.90 Å². The smallest absolute Gasteiger partial charge is 0.151 e. The first kappa shape index (κ1) is 16.1. The molecule has 3 rings (SSSR count). The summed E-state index contributed by atoms with van der Waals surface area (Å²) in [6.45, 7) is 7.94. The summed E-state index contributed by atoms with van der Waals surface area (Å²) < 4.78 is 13.9. The van der Waals surface area contributed by atoms with Gasteiger partial charge in [-0.25, -0.2) is 4.39 Å². The Morgan fingerprint density at radius 3 is 2.52 bits per heavy atom. The number of halogens is 2. The molecule has 1 saturated heterocycles. The molecule has 0 bridgehead atoms. The second kappa shape index (κ2) is 6.81. The largest absolute Gasteiger partial charge is 0.353 e. The summed E-state index contributed by atoms with van der Waals surface area (Å²) >= 11 is 6.11. The summed E-state index contributed by atoms with van der Waals surface area (Å²) in [7, 11) is 0. The number of benzene rings is 1. The summed E-state index contributed by atoms with van der Waals surface area (Å²) in [6, 6.07) is 6.91. The van der Waals surface area contributed by atoms with Gasteiger partial charge in [0.15, 0.2) is 5.82 Å². The Balaban J connectivity index is 1.63. The molecule has 1 fully saturated rings. The first-order valence-electron chi connectivity index (χ1n) is 7.75. The molecular weight excluding hydrogens is 315 g/mol. The Kier molecular flexibility index (Phi) is 4.78. The number of aryl methyl sites for hydroxylation is 2. The molecule has 0 spiro atoms. The highest BCUT2D eigenvalue weighted by atomic mass is 35.5. The van der Waals surface area contributed by atoms with Crippen molar-refractivity contribution in [3.8, 4) is 0 Å². The van der Waals surface area contributed by atoms with Crippen LogP contribution in [0.25, 0.3) is 0 Å². The van der Waals surface area contributed by atoms with Gasteiger partial charge in [0.05, 0.1) is 5.69 Å². The summed E-state index contributed by atoms with van der Waals surface area (Å²) in [4.78, 5) is 4.44. The maximum Gasteiger partial charge on any atom is 0.151 e. The van der Waals surface area contributed by atoms with Crippen LogP contribution in [-0.4, -0.2) is 41.3 Å². The number of anilines is 1. The molecule has 23 heavy (non-hydrogen) atoms. The topological polar surface area (TPSA) is 32.3 Å². The molecule has 6 heteroatoms. The van der Waals surface area contributed by atoms with E-state index >= 15 is 0 Å². The van der Waals surface area contributed by atoms with Gasteiger partial charge in [-0.3, -0.25) is 4.90 Å². The van der Waals surface area contributed by atoms with E-state index in [4.69, 9.17) is 11.6 Å². The third-order valence-corrected chi connectivity index (χ3v) is 4.71. The zero-order valence-corrected chi connectivity index (χ0v) is 14.1.